The van der Waals surface area contributed by atoms with Crippen LogP contribution >= 0.6 is 0 Å². The number of sulfonamides is 1. The van der Waals surface area contributed by atoms with Crippen LogP contribution in [0, 0.1) is 17.3 Å². The molecule has 2 aromatic carbocycles. The molecule has 0 radical (unpaired) electrons. The maximum absolute atomic E-state index is 14.6. The van der Waals surface area contributed by atoms with Crippen molar-refractivity contribution >= 4 is 44.7 Å². The number of alkyl carbamates (subject to hydrolysis) is 1. The summed E-state index contributed by atoms with van der Waals surface area (Å²) in [5, 5.41) is 5.77. The lowest BCUT2D eigenvalue weighted by Gasteiger charge is -2.35. The number of para-hydroxylation sites is 1. The molecule has 4 amide bonds. The Hall–Kier alpha value is -5.18. The highest BCUT2D eigenvalue weighted by Crippen LogP contribution is 2.46. The largest absolute Gasteiger partial charge is 0.493 e. The SMILES string of the molecule is C=C[C@@H]1CC1(NC(=O)[C@@H]1CC2CN1C(=O)[C@H](C(C)(C)C)NC(=O)OC[C@H](C)COc1cccc(c1)-c1cc3ccccc3nc1O2)C(=O)NS(=O)(=O)C1CC1. The van der Waals surface area contributed by atoms with E-state index in [2.05, 4.69) is 21.9 Å². The number of pyridine rings is 1. The normalized spacial score (nSPS) is 27.2. The van der Waals surface area contributed by atoms with Gasteiger partial charge in [0.1, 0.15) is 29.5 Å². The molecule has 4 bridgehead atoms. The summed E-state index contributed by atoms with van der Waals surface area (Å²) in [6.07, 6.45) is 0.992. The van der Waals surface area contributed by atoms with Crippen LogP contribution in [0.2, 0.25) is 0 Å². The summed E-state index contributed by atoms with van der Waals surface area (Å²) in [6, 6.07) is 14.8. The molecular formula is C40H47N5O9S. The summed E-state index contributed by atoms with van der Waals surface area (Å²) >= 11 is 0. The van der Waals surface area contributed by atoms with Gasteiger partial charge in [-0.05, 0) is 54.5 Å². The zero-order valence-corrected chi connectivity index (χ0v) is 32.2. The first-order valence-corrected chi connectivity index (χ1v) is 20.2. The smallest absolute Gasteiger partial charge is 0.407 e. The molecule has 4 aliphatic rings. The number of ether oxygens (including phenoxy) is 3. The van der Waals surface area contributed by atoms with E-state index < -0.39 is 74.1 Å². The molecule has 292 valence electrons. The number of hydrogen-bond acceptors (Lipinski definition) is 10. The second-order valence-corrected chi connectivity index (χ2v) is 18.1. The molecule has 1 aromatic heterocycles. The Kier molecular flexibility index (Phi) is 10.0. The molecule has 3 aromatic rings. The summed E-state index contributed by atoms with van der Waals surface area (Å²) in [5.41, 5.74) is -0.278. The first-order valence-electron chi connectivity index (χ1n) is 18.6. The summed E-state index contributed by atoms with van der Waals surface area (Å²) in [6.45, 7) is 11.2. The molecule has 3 N–H and O–H groups in total. The van der Waals surface area contributed by atoms with Crippen molar-refractivity contribution in [1.29, 1.82) is 0 Å². The predicted octanol–water partition coefficient (Wildman–Crippen LogP) is 4.09. The zero-order chi connectivity index (χ0) is 39.3. The Morgan fingerprint density at radius 1 is 1.05 bits per heavy atom. The Balaban J connectivity index is 1.26. The molecule has 3 fully saturated rings. The van der Waals surface area contributed by atoms with E-state index in [-0.39, 0.29) is 44.4 Å². The number of carbonyl (C=O) groups excluding carboxylic acids is 4. The van der Waals surface area contributed by atoms with Crippen molar-refractivity contribution in [3.8, 4) is 22.8 Å². The molecule has 2 aliphatic carbocycles. The van der Waals surface area contributed by atoms with Gasteiger partial charge in [-0.3, -0.25) is 19.1 Å². The number of amides is 4. The molecule has 6 atom stereocenters. The van der Waals surface area contributed by atoms with Gasteiger partial charge in [-0.15, -0.1) is 6.58 Å². The molecule has 1 saturated heterocycles. The van der Waals surface area contributed by atoms with Crippen molar-refractivity contribution in [2.45, 2.75) is 82.4 Å². The second-order valence-electron chi connectivity index (χ2n) is 16.2. The standard InChI is InChI=1S/C40H47N5O9S/c1-6-26-19-40(26,37(48)44-55(50,51)29-14-15-29)43-34(46)32-18-28-20-45(32)36(47)33(39(3,4)5)42-38(49)53-22-23(2)21-52-27-12-9-11-24(16-27)30-17-25-10-7-8-13-31(25)41-35(30)54-28/h6-13,16-17,23,26,28-29,32-33H,1,14-15,18-22H2,2-5H3,(H,42,49)(H,43,46)(H,44,48)/t23-,26-,28?,32+,33-,40?/m1/s1. The Labute approximate surface area is 320 Å². The number of benzene rings is 2. The Morgan fingerprint density at radius 3 is 2.51 bits per heavy atom. The van der Waals surface area contributed by atoms with E-state index in [9.17, 15) is 27.6 Å². The molecule has 14 nitrogen and oxygen atoms in total. The van der Waals surface area contributed by atoms with Crippen LogP contribution in [0.15, 0.2) is 67.3 Å². The van der Waals surface area contributed by atoms with Gasteiger partial charge < -0.3 is 29.7 Å². The van der Waals surface area contributed by atoms with Crippen molar-refractivity contribution in [3.05, 3.63) is 67.3 Å². The minimum Gasteiger partial charge on any atom is -0.493 e. The third kappa shape index (κ3) is 7.98. The van der Waals surface area contributed by atoms with E-state index in [1.54, 1.807) is 20.8 Å². The van der Waals surface area contributed by atoms with E-state index in [1.165, 1.54) is 11.0 Å². The lowest BCUT2D eigenvalue weighted by molar-refractivity contribution is -0.142. The average molecular weight is 774 g/mol. The number of rotatable bonds is 6. The molecular weight excluding hydrogens is 727 g/mol. The minimum atomic E-state index is -3.91. The van der Waals surface area contributed by atoms with Gasteiger partial charge in [0.05, 0.1) is 30.5 Å². The van der Waals surface area contributed by atoms with Gasteiger partial charge in [-0.2, -0.15) is 0 Å². The van der Waals surface area contributed by atoms with Gasteiger partial charge in [0, 0.05) is 29.2 Å². The molecule has 2 unspecified atom stereocenters. The molecule has 0 spiro atoms. The lowest BCUT2D eigenvalue weighted by atomic mass is 9.85. The van der Waals surface area contributed by atoms with Crippen molar-refractivity contribution < 1.29 is 41.8 Å². The first kappa shape index (κ1) is 38.1. The van der Waals surface area contributed by atoms with Gasteiger partial charge in [-0.1, -0.05) is 64.1 Å². The molecule has 55 heavy (non-hydrogen) atoms. The monoisotopic (exact) mass is 773 g/mol. The van der Waals surface area contributed by atoms with Crippen LogP contribution in [0.25, 0.3) is 22.0 Å². The lowest BCUT2D eigenvalue weighted by Crippen LogP contribution is -2.60. The summed E-state index contributed by atoms with van der Waals surface area (Å²) < 4.78 is 46.0. The fourth-order valence-corrected chi connectivity index (χ4v) is 8.54. The third-order valence-electron chi connectivity index (χ3n) is 10.6. The number of aromatic nitrogens is 1. The highest BCUT2D eigenvalue weighted by molar-refractivity contribution is 7.91. The summed E-state index contributed by atoms with van der Waals surface area (Å²) in [7, 11) is -3.91. The van der Waals surface area contributed by atoms with Gasteiger partial charge in [0.15, 0.2) is 0 Å². The van der Waals surface area contributed by atoms with E-state index in [0.717, 1.165) is 10.9 Å². The van der Waals surface area contributed by atoms with Crippen LogP contribution in [0.1, 0.15) is 53.4 Å². The third-order valence-corrected chi connectivity index (χ3v) is 12.4. The number of nitrogens with zero attached hydrogens (tertiary/aromatic N) is 2. The van der Waals surface area contributed by atoms with E-state index in [1.807, 2.05) is 61.5 Å². The predicted molar refractivity (Wildman–Crippen MR) is 203 cm³/mol. The first-order chi connectivity index (χ1) is 26.1. The van der Waals surface area contributed by atoms with E-state index in [0.29, 0.717) is 29.7 Å². The highest BCUT2D eigenvalue weighted by Gasteiger charge is 2.62. The molecule has 7 rings (SSSR count). The van der Waals surface area contributed by atoms with Crippen LogP contribution in [0.4, 0.5) is 4.79 Å². The van der Waals surface area contributed by atoms with Crippen molar-refractivity contribution in [1.82, 2.24) is 25.2 Å². The van der Waals surface area contributed by atoms with E-state index in [4.69, 9.17) is 19.2 Å². The number of nitrogens with one attached hydrogen (secondary N) is 3. The Bertz CT molecular complexity index is 2150. The zero-order valence-electron chi connectivity index (χ0n) is 31.4. The van der Waals surface area contributed by atoms with Gasteiger partial charge in [0.2, 0.25) is 27.7 Å². The number of carbonyl (C=O) groups is 4. The van der Waals surface area contributed by atoms with Gasteiger partial charge >= 0.3 is 6.09 Å². The van der Waals surface area contributed by atoms with Gasteiger partial charge in [0.25, 0.3) is 5.91 Å². The molecule has 2 saturated carbocycles. The number of fused-ring (bicyclic) bond motifs is 7. The van der Waals surface area contributed by atoms with Crippen molar-refractivity contribution in [2.24, 2.45) is 17.3 Å². The van der Waals surface area contributed by atoms with Crippen LogP contribution < -0.4 is 24.8 Å². The van der Waals surface area contributed by atoms with Crippen LogP contribution in [0.5, 0.6) is 11.6 Å². The van der Waals surface area contributed by atoms with Gasteiger partial charge in [-0.25, -0.2) is 18.2 Å². The number of cyclic esters (lactones) is 1. The van der Waals surface area contributed by atoms with Crippen LogP contribution in [-0.2, 0) is 29.1 Å². The topological polar surface area (TPSA) is 182 Å². The maximum Gasteiger partial charge on any atom is 0.407 e. The fraction of sp³-hybridized carbons (Fsp3) is 0.475. The molecule has 3 heterocycles. The highest BCUT2D eigenvalue weighted by atomic mass is 32.2. The number of hydrogen-bond donors (Lipinski definition) is 3. The summed E-state index contributed by atoms with van der Waals surface area (Å²) in [5.74, 6) is -1.92. The fourth-order valence-electron chi connectivity index (χ4n) is 7.18. The quantitative estimate of drug-likeness (QED) is 0.309. The van der Waals surface area contributed by atoms with Crippen molar-refractivity contribution in [3.63, 3.8) is 0 Å². The molecule has 15 heteroatoms. The van der Waals surface area contributed by atoms with E-state index >= 15 is 0 Å². The average Bonchev–Trinajstić information content (AvgIpc) is 4.07. The van der Waals surface area contributed by atoms with Crippen molar-refractivity contribution in [2.75, 3.05) is 19.8 Å². The summed E-state index contributed by atoms with van der Waals surface area (Å²) in [4.78, 5) is 62.0. The Morgan fingerprint density at radius 2 is 1.80 bits per heavy atom. The van der Waals surface area contributed by atoms with Crippen LogP contribution in [0.3, 0.4) is 0 Å². The van der Waals surface area contributed by atoms with Crippen LogP contribution in [-0.4, -0.2) is 90.9 Å². The molecule has 2 aliphatic heterocycles. The maximum atomic E-state index is 14.6. The minimum absolute atomic E-state index is 0.00429. The second kappa shape index (κ2) is 14.5.